The van der Waals surface area contributed by atoms with Crippen molar-refractivity contribution < 1.29 is 9.53 Å². The van der Waals surface area contributed by atoms with Gasteiger partial charge in [-0.1, -0.05) is 6.92 Å². The second-order valence-corrected chi connectivity index (χ2v) is 4.82. The number of piperazine rings is 1. The van der Waals surface area contributed by atoms with Gasteiger partial charge in [-0.05, 0) is 6.42 Å². The standard InChI is InChI=1S/C13H22N4O2/c1-4-12(19-3)13(18)17-7-5-16(6-8-17)11-9-14-15(2)10-11/h9-10,12H,4-8H2,1-3H3. The molecule has 0 aliphatic carbocycles. The zero-order chi connectivity index (χ0) is 13.8. The molecule has 1 atom stereocenters. The number of ether oxygens (including phenoxy) is 1. The molecule has 6 nitrogen and oxygen atoms in total. The third-order valence-electron chi connectivity index (χ3n) is 3.58. The monoisotopic (exact) mass is 266 g/mol. The Hall–Kier alpha value is -1.56. The summed E-state index contributed by atoms with van der Waals surface area (Å²) in [6.45, 7) is 5.15. The summed E-state index contributed by atoms with van der Waals surface area (Å²) in [5, 5.41) is 4.18. The van der Waals surface area contributed by atoms with Crippen molar-refractivity contribution in [2.75, 3.05) is 38.2 Å². The van der Waals surface area contributed by atoms with Crippen molar-refractivity contribution in [2.45, 2.75) is 19.4 Å². The molecular weight excluding hydrogens is 244 g/mol. The third-order valence-corrected chi connectivity index (χ3v) is 3.58. The van der Waals surface area contributed by atoms with E-state index < -0.39 is 0 Å². The molecule has 0 bridgehead atoms. The summed E-state index contributed by atoms with van der Waals surface area (Å²) < 4.78 is 7.01. The molecule has 1 aliphatic rings. The summed E-state index contributed by atoms with van der Waals surface area (Å²) in [6.07, 6.45) is 4.28. The van der Waals surface area contributed by atoms with Crippen LogP contribution in [0.3, 0.4) is 0 Å². The predicted octanol–water partition coefficient (Wildman–Crippen LogP) is 0.494. The highest BCUT2D eigenvalue weighted by molar-refractivity contribution is 5.81. The number of methoxy groups -OCH3 is 1. The van der Waals surface area contributed by atoms with Gasteiger partial charge < -0.3 is 14.5 Å². The lowest BCUT2D eigenvalue weighted by Gasteiger charge is -2.36. The van der Waals surface area contributed by atoms with Crippen LogP contribution >= 0.6 is 0 Å². The maximum Gasteiger partial charge on any atom is 0.251 e. The minimum Gasteiger partial charge on any atom is -0.372 e. The van der Waals surface area contributed by atoms with Gasteiger partial charge >= 0.3 is 0 Å². The Bertz CT molecular complexity index is 420. The summed E-state index contributed by atoms with van der Waals surface area (Å²) in [5.41, 5.74) is 1.12. The Balaban J connectivity index is 1.90. The van der Waals surface area contributed by atoms with Crippen LogP contribution in [0.5, 0.6) is 0 Å². The normalized spacial score (nSPS) is 17.6. The number of aromatic nitrogens is 2. The van der Waals surface area contributed by atoms with E-state index in [1.54, 1.807) is 11.8 Å². The Labute approximate surface area is 113 Å². The van der Waals surface area contributed by atoms with Gasteiger partial charge in [-0.25, -0.2) is 0 Å². The van der Waals surface area contributed by atoms with E-state index in [0.717, 1.165) is 38.3 Å². The fraction of sp³-hybridized carbons (Fsp3) is 0.692. The second kappa shape index (κ2) is 6.06. The van der Waals surface area contributed by atoms with Crippen LogP contribution in [0.4, 0.5) is 5.69 Å². The predicted molar refractivity (Wildman–Crippen MR) is 73.1 cm³/mol. The van der Waals surface area contributed by atoms with Gasteiger partial charge in [-0.2, -0.15) is 5.10 Å². The minimum absolute atomic E-state index is 0.107. The quantitative estimate of drug-likeness (QED) is 0.796. The summed E-state index contributed by atoms with van der Waals surface area (Å²) in [4.78, 5) is 16.3. The summed E-state index contributed by atoms with van der Waals surface area (Å²) >= 11 is 0. The van der Waals surface area contributed by atoms with Crippen molar-refractivity contribution in [2.24, 2.45) is 7.05 Å². The lowest BCUT2D eigenvalue weighted by atomic mass is 10.2. The first kappa shape index (κ1) is 13.9. The molecule has 1 aliphatic heterocycles. The molecule has 1 fully saturated rings. The summed E-state index contributed by atoms with van der Waals surface area (Å²) in [6, 6.07) is 0. The number of amides is 1. The fourth-order valence-electron chi connectivity index (χ4n) is 2.40. The van der Waals surface area contributed by atoms with Crippen LogP contribution in [0.2, 0.25) is 0 Å². The number of anilines is 1. The van der Waals surface area contributed by atoms with Gasteiger partial charge in [-0.15, -0.1) is 0 Å². The molecule has 0 spiro atoms. The molecule has 0 saturated carbocycles. The smallest absolute Gasteiger partial charge is 0.251 e. The van der Waals surface area contributed by atoms with E-state index in [1.807, 2.05) is 31.3 Å². The Kier molecular flexibility index (Phi) is 4.42. The highest BCUT2D eigenvalue weighted by atomic mass is 16.5. The van der Waals surface area contributed by atoms with Crippen LogP contribution in [-0.2, 0) is 16.6 Å². The topological polar surface area (TPSA) is 50.6 Å². The number of rotatable bonds is 4. The van der Waals surface area contributed by atoms with E-state index in [0.29, 0.717) is 0 Å². The molecule has 2 rings (SSSR count). The average molecular weight is 266 g/mol. The van der Waals surface area contributed by atoms with Crippen molar-refractivity contribution >= 4 is 11.6 Å². The van der Waals surface area contributed by atoms with Crippen molar-refractivity contribution in [1.29, 1.82) is 0 Å². The molecule has 106 valence electrons. The summed E-state index contributed by atoms with van der Waals surface area (Å²) in [7, 11) is 3.51. The number of aryl methyl sites for hydroxylation is 1. The van der Waals surface area contributed by atoms with Crippen LogP contribution in [0.15, 0.2) is 12.4 Å². The van der Waals surface area contributed by atoms with Gasteiger partial charge in [0.15, 0.2) is 0 Å². The van der Waals surface area contributed by atoms with E-state index in [1.165, 1.54) is 0 Å². The molecule has 1 saturated heterocycles. The van der Waals surface area contributed by atoms with Crippen LogP contribution in [0.25, 0.3) is 0 Å². The molecule has 0 N–H and O–H groups in total. The molecular formula is C13H22N4O2. The third kappa shape index (κ3) is 3.07. The molecule has 1 aromatic rings. The van der Waals surface area contributed by atoms with Crippen molar-refractivity contribution in [3.05, 3.63) is 12.4 Å². The number of carbonyl (C=O) groups excluding carboxylic acids is 1. The summed E-state index contributed by atoms with van der Waals surface area (Å²) in [5.74, 6) is 0.107. The fourth-order valence-corrected chi connectivity index (χ4v) is 2.40. The lowest BCUT2D eigenvalue weighted by molar-refractivity contribution is -0.142. The van der Waals surface area contributed by atoms with Gasteiger partial charge in [0.25, 0.3) is 5.91 Å². The Morgan fingerprint density at radius 2 is 2.11 bits per heavy atom. The van der Waals surface area contributed by atoms with E-state index in [9.17, 15) is 4.79 Å². The van der Waals surface area contributed by atoms with E-state index >= 15 is 0 Å². The molecule has 0 radical (unpaired) electrons. The molecule has 19 heavy (non-hydrogen) atoms. The van der Waals surface area contributed by atoms with Crippen LogP contribution in [-0.4, -0.2) is 60.0 Å². The van der Waals surface area contributed by atoms with Gasteiger partial charge in [0, 0.05) is 46.5 Å². The average Bonchev–Trinajstić information content (AvgIpc) is 2.87. The second-order valence-electron chi connectivity index (χ2n) is 4.82. The molecule has 1 aromatic heterocycles. The van der Waals surface area contributed by atoms with Crippen LogP contribution < -0.4 is 4.90 Å². The van der Waals surface area contributed by atoms with Gasteiger partial charge in [0.1, 0.15) is 6.10 Å². The van der Waals surface area contributed by atoms with Crippen LogP contribution in [0, 0.1) is 0 Å². The maximum atomic E-state index is 12.2. The van der Waals surface area contributed by atoms with Crippen LogP contribution in [0.1, 0.15) is 13.3 Å². The highest BCUT2D eigenvalue weighted by Gasteiger charge is 2.26. The Morgan fingerprint density at radius 1 is 1.42 bits per heavy atom. The minimum atomic E-state index is -0.301. The van der Waals surface area contributed by atoms with E-state index in [4.69, 9.17) is 4.74 Å². The largest absolute Gasteiger partial charge is 0.372 e. The maximum absolute atomic E-state index is 12.2. The van der Waals surface area contributed by atoms with E-state index in [2.05, 4.69) is 10.00 Å². The number of nitrogens with zero attached hydrogens (tertiary/aromatic N) is 4. The zero-order valence-electron chi connectivity index (χ0n) is 11.9. The molecule has 1 amide bonds. The van der Waals surface area contributed by atoms with Gasteiger partial charge in [0.05, 0.1) is 11.9 Å². The van der Waals surface area contributed by atoms with Crippen molar-refractivity contribution in [3.63, 3.8) is 0 Å². The zero-order valence-corrected chi connectivity index (χ0v) is 11.9. The van der Waals surface area contributed by atoms with Gasteiger partial charge in [-0.3, -0.25) is 9.48 Å². The van der Waals surface area contributed by atoms with Crippen molar-refractivity contribution in [3.8, 4) is 0 Å². The van der Waals surface area contributed by atoms with Crippen molar-refractivity contribution in [1.82, 2.24) is 14.7 Å². The number of carbonyl (C=O) groups is 1. The highest BCUT2D eigenvalue weighted by Crippen LogP contribution is 2.15. The first-order valence-electron chi connectivity index (χ1n) is 6.71. The lowest BCUT2D eigenvalue weighted by Crippen LogP contribution is -2.51. The van der Waals surface area contributed by atoms with Gasteiger partial charge in [0.2, 0.25) is 0 Å². The molecule has 1 unspecified atom stereocenters. The first-order valence-corrected chi connectivity index (χ1v) is 6.71. The molecule has 2 heterocycles. The number of hydrogen-bond acceptors (Lipinski definition) is 4. The first-order chi connectivity index (χ1) is 9.15. The Morgan fingerprint density at radius 3 is 2.58 bits per heavy atom. The van der Waals surface area contributed by atoms with E-state index in [-0.39, 0.29) is 12.0 Å². The number of hydrogen-bond donors (Lipinski definition) is 0. The SMILES string of the molecule is CCC(OC)C(=O)N1CCN(c2cnn(C)c2)CC1. The molecule has 0 aromatic carbocycles. The molecule has 6 heteroatoms.